The van der Waals surface area contributed by atoms with Gasteiger partial charge in [0.05, 0.1) is 22.1 Å². The van der Waals surface area contributed by atoms with Crippen molar-refractivity contribution in [2.24, 2.45) is 0 Å². The second kappa shape index (κ2) is 5.87. The minimum Gasteiger partial charge on any atom is -0.438 e. The summed E-state index contributed by atoms with van der Waals surface area (Å²) in [5.41, 5.74) is 1.08. The topological polar surface area (TPSA) is 38.1 Å². The molecule has 0 radical (unpaired) electrons. The van der Waals surface area contributed by atoms with Crippen LogP contribution in [0.2, 0.25) is 5.02 Å². The van der Waals surface area contributed by atoms with Gasteiger partial charge in [0.2, 0.25) is 5.89 Å². The van der Waals surface area contributed by atoms with E-state index in [1.807, 2.05) is 19.2 Å². The maximum absolute atomic E-state index is 6.22. The molecule has 1 unspecified atom stereocenters. The first-order chi connectivity index (χ1) is 8.63. The summed E-state index contributed by atoms with van der Waals surface area (Å²) in [5.74, 6) is 1.46. The first kappa shape index (κ1) is 13.6. The second-order valence-corrected chi connectivity index (χ2v) is 5.56. The van der Waals surface area contributed by atoms with Crippen molar-refractivity contribution in [1.82, 2.24) is 10.3 Å². The zero-order chi connectivity index (χ0) is 13.1. The van der Waals surface area contributed by atoms with Crippen LogP contribution in [0, 0.1) is 6.92 Å². The van der Waals surface area contributed by atoms with E-state index in [1.54, 1.807) is 17.5 Å². The van der Waals surface area contributed by atoms with Gasteiger partial charge in [-0.3, -0.25) is 0 Å². The summed E-state index contributed by atoms with van der Waals surface area (Å²) in [7, 11) is 0. The Balaban J connectivity index is 2.17. The van der Waals surface area contributed by atoms with Gasteiger partial charge in [-0.1, -0.05) is 18.5 Å². The second-order valence-electron chi connectivity index (χ2n) is 4.30. The Bertz CT molecular complexity index is 521. The lowest BCUT2D eigenvalue weighted by Gasteiger charge is -2.08. The molecule has 5 heteroatoms. The first-order valence-corrected chi connectivity index (χ1v) is 7.32. The molecule has 0 aromatic carbocycles. The Morgan fingerprint density at radius 3 is 2.94 bits per heavy atom. The van der Waals surface area contributed by atoms with Gasteiger partial charge in [-0.15, -0.1) is 11.3 Å². The van der Waals surface area contributed by atoms with Crippen molar-refractivity contribution >= 4 is 22.9 Å². The molecule has 0 aliphatic carbocycles. The van der Waals surface area contributed by atoms with Crippen molar-refractivity contribution in [1.29, 1.82) is 0 Å². The monoisotopic (exact) mass is 284 g/mol. The Hall–Kier alpha value is -0.840. The lowest BCUT2D eigenvalue weighted by Crippen LogP contribution is -2.19. The lowest BCUT2D eigenvalue weighted by molar-refractivity contribution is 0.423. The molecule has 0 spiro atoms. The fourth-order valence-corrected chi connectivity index (χ4v) is 2.87. The van der Waals surface area contributed by atoms with E-state index in [9.17, 15) is 0 Å². The highest BCUT2D eigenvalue weighted by molar-refractivity contribution is 7.14. The van der Waals surface area contributed by atoms with E-state index < -0.39 is 0 Å². The van der Waals surface area contributed by atoms with Crippen molar-refractivity contribution < 1.29 is 4.42 Å². The third-order valence-corrected chi connectivity index (χ3v) is 4.43. The van der Waals surface area contributed by atoms with Gasteiger partial charge in [0, 0.05) is 0 Å². The average molecular weight is 285 g/mol. The van der Waals surface area contributed by atoms with E-state index in [4.69, 9.17) is 16.0 Å². The highest BCUT2D eigenvalue weighted by atomic mass is 35.5. The van der Waals surface area contributed by atoms with Crippen LogP contribution in [0.25, 0.3) is 10.6 Å². The van der Waals surface area contributed by atoms with E-state index >= 15 is 0 Å². The number of nitrogens with one attached hydrogen (secondary N) is 1. The summed E-state index contributed by atoms with van der Waals surface area (Å²) in [5, 5.41) is 6.13. The number of oxazole rings is 1. The van der Waals surface area contributed by atoms with Gasteiger partial charge in [-0.05, 0) is 37.8 Å². The van der Waals surface area contributed by atoms with Gasteiger partial charge in [-0.2, -0.15) is 0 Å². The van der Waals surface area contributed by atoms with Crippen LogP contribution in [0.15, 0.2) is 16.0 Å². The average Bonchev–Trinajstić information content (AvgIpc) is 2.95. The SMILES string of the molecule is CCCNC(C)c1ncc(-c2scc(C)c2Cl)o1. The molecular formula is C13H17ClN2OS. The molecule has 18 heavy (non-hydrogen) atoms. The van der Waals surface area contributed by atoms with E-state index in [2.05, 4.69) is 17.2 Å². The van der Waals surface area contributed by atoms with E-state index in [1.165, 1.54) is 0 Å². The van der Waals surface area contributed by atoms with Crippen LogP contribution < -0.4 is 5.32 Å². The number of hydrogen-bond acceptors (Lipinski definition) is 4. The molecule has 2 rings (SSSR count). The molecule has 0 fully saturated rings. The van der Waals surface area contributed by atoms with Crippen LogP contribution in [0.1, 0.15) is 37.8 Å². The standard InChI is InChI=1S/C13H17ClN2OS/c1-4-5-15-9(3)13-16-6-10(17-13)12-11(14)8(2)7-18-12/h6-7,9,15H,4-5H2,1-3H3. The zero-order valence-electron chi connectivity index (χ0n) is 10.8. The molecule has 98 valence electrons. The number of rotatable bonds is 5. The summed E-state index contributed by atoms with van der Waals surface area (Å²) >= 11 is 7.81. The fraction of sp³-hybridized carbons (Fsp3) is 0.462. The van der Waals surface area contributed by atoms with E-state index in [-0.39, 0.29) is 6.04 Å². The molecule has 0 aliphatic heterocycles. The Labute approximate surface area is 116 Å². The number of nitrogens with zero attached hydrogens (tertiary/aromatic N) is 1. The quantitative estimate of drug-likeness (QED) is 0.883. The van der Waals surface area contributed by atoms with Gasteiger partial charge in [-0.25, -0.2) is 4.98 Å². The molecule has 1 N–H and O–H groups in total. The van der Waals surface area contributed by atoms with Crippen molar-refractivity contribution in [3.8, 4) is 10.6 Å². The Morgan fingerprint density at radius 1 is 1.56 bits per heavy atom. The van der Waals surface area contributed by atoms with Gasteiger partial charge in [0.1, 0.15) is 0 Å². The van der Waals surface area contributed by atoms with E-state index in [0.717, 1.165) is 34.2 Å². The molecule has 0 bridgehead atoms. The number of aromatic nitrogens is 1. The van der Waals surface area contributed by atoms with Crippen LogP contribution in [-0.4, -0.2) is 11.5 Å². The van der Waals surface area contributed by atoms with Crippen molar-refractivity contribution in [3.05, 3.63) is 28.1 Å². The summed E-state index contributed by atoms with van der Waals surface area (Å²) in [4.78, 5) is 5.27. The summed E-state index contributed by atoms with van der Waals surface area (Å²) < 4.78 is 5.78. The minimum atomic E-state index is 0.124. The summed E-state index contributed by atoms with van der Waals surface area (Å²) in [6, 6.07) is 0.124. The molecule has 2 aromatic rings. The predicted molar refractivity (Wildman–Crippen MR) is 76.3 cm³/mol. The molecule has 0 saturated heterocycles. The van der Waals surface area contributed by atoms with Crippen molar-refractivity contribution in [3.63, 3.8) is 0 Å². The lowest BCUT2D eigenvalue weighted by atomic mass is 10.3. The number of thiophene rings is 1. The first-order valence-electron chi connectivity index (χ1n) is 6.06. The van der Waals surface area contributed by atoms with Gasteiger partial charge in [0.25, 0.3) is 0 Å². The van der Waals surface area contributed by atoms with Crippen molar-refractivity contribution in [2.45, 2.75) is 33.2 Å². The highest BCUT2D eigenvalue weighted by Gasteiger charge is 2.16. The molecule has 1 atom stereocenters. The molecule has 0 saturated carbocycles. The molecule has 2 heterocycles. The number of halogens is 1. The minimum absolute atomic E-state index is 0.124. The normalized spacial score (nSPS) is 12.9. The maximum Gasteiger partial charge on any atom is 0.211 e. The van der Waals surface area contributed by atoms with Crippen LogP contribution in [0.3, 0.4) is 0 Å². The van der Waals surface area contributed by atoms with E-state index in [0.29, 0.717) is 5.89 Å². The Kier molecular flexibility index (Phi) is 4.43. The van der Waals surface area contributed by atoms with Crippen LogP contribution in [-0.2, 0) is 0 Å². The van der Waals surface area contributed by atoms with Gasteiger partial charge < -0.3 is 9.73 Å². The highest BCUT2D eigenvalue weighted by Crippen LogP contribution is 2.37. The molecule has 2 aromatic heterocycles. The predicted octanol–water partition coefficient (Wildman–Crippen LogP) is 4.43. The number of hydrogen-bond donors (Lipinski definition) is 1. The molecular weight excluding hydrogens is 268 g/mol. The van der Waals surface area contributed by atoms with Crippen LogP contribution in [0.4, 0.5) is 0 Å². The maximum atomic E-state index is 6.22. The third-order valence-electron chi connectivity index (χ3n) is 2.72. The third kappa shape index (κ3) is 2.76. The zero-order valence-corrected chi connectivity index (χ0v) is 12.4. The van der Waals surface area contributed by atoms with Gasteiger partial charge >= 0.3 is 0 Å². The van der Waals surface area contributed by atoms with Crippen LogP contribution in [0.5, 0.6) is 0 Å². The smallest absolute Gasteiger partial charge is 0.211 e. The van der Waals surface area contributed by atoms with Gasteiger partial charge in [0.15, 0.2) is 5.76 Å². The molecule has 0 amide bonds. The summed E-state index contributed by atoms with van der Waals surface area (Å²) in [6.07, 6.45) is 2.84. The Morgan fingerprint density at radius 2 is 2.33 bits per heavy atom. The molecule has 3 nitrogen and oxygen atoms in total. The summed E-state index contributed by atoms with van der Waals surface area (Å²) in [6.45, 7) is 7.13. The largest absolute Gasteiger partial charge is 0.438 e. The fourth-order valence-electron chi connectivity index (χ4n) is 1.64. The molecule has 0 aliphatic rings. The van der Waals surface area contributed by atoms with Crippen LogP contribution >= 0.6 is 22.9 Å². The van der Waals surface area contributed by atoms with Crippen molar-refractivity contribution in [2.75, 3.05) is 6.54 Å². The number of aryl methyl sites for hydroxylation is 1.